The second-order valence-corrected chi connectivity index (χ2v) is 2.27. The molecule has 0 amide bonds. The lowest BCUT2D eigenvalue weighted by atomic mass is 10.2. The van der Waals surface area contributed by atoms with E-state index in [0.29, 0.717) is 0 Å². The Morgan fingerprint density at radius 1 is 1.21 bits per heavy atom. The van der Waals surface area contributed by atoms with E-state index in [9.17, 15) is 20.2 Å². The Morgan fingerprint density at radius 3 is 1.93 bits per heavy atom. The van der Waals surface area contributed by atoms with E-state index in [1.807, 2.05) is 0 Å². The molecule has 0 N–H and O–H groups in total. The van der Waals surface area contributed by atoms with Crippen LogP contribution in [0.2, 0.25) is 0 Å². The van der Waals surface area contributed by atoms with Crippen molar-refractivity contribution in [2.75, 3.05) is 7.11 Å². The Morgan fingerprint density at radius 2 is 1.64 bits per heavy atom. The molecule has 1 radical (unpaired) electrons. The number of rotatable bonds is 3. The molecule has 7 heteroatoms. The van der Waals surface area contributed by atoms with Gasteiger partial charge in [0.05, 0.1) is 17.0 Å². The van der Waals surface area contributed by atoms with Gasteiger partial charge >= 0.3 is 11.4 Å². The van der Waals surface area contributed by atoms with Gasteiger partial charge in [-0.1, -0.05) is 0 Å². The van der Waals surface area contributed by atoms with E-state index in [2.05, 4.69) is 10.8 Å². The molecule has 0 fully saturated rings. The Balaban J connectivity index is 3.39. The molecule has 0 spiro atoms. The van der Waals surface area contributed by atoms with Gasteiger partial charge in [-0.25, -0.2) is 0 Å². The molecule has 0 unspecified atom stereocenters. The van der Waals surface area contributed by atoms with Gasteiger partial charge in [0.15, 0.2) is 0 Å². The van der Waals surface area contributed by atoms with Crippen molar-refractivity contribution in [1.29, 1.82) is 0 Å². The number of nitrogens with zero attached hydrogens (tertiary/aromatic N) is 2. The zero-order valence-electron chi connectivity index (χ0n) is 7.09. The highest BCUT2D eigenvalue weighted by molar-refractivity contribution is 5.59. The predicted octanol–water partition coefficient (Wildman–Crippen LogP) is 1.31. The lowest BCUT2D eigenvalue weighted by Gasteiger charge is -2.00. The fourth-order valence-corrected chi connectivity index (χ4v) is 0.942. The van der Waals surface area contributed by atoms with Crippen LogP contribution in [0.4, 0.5) is 11.4 Å². The van der Waals surface area contributed by atoms with Crippen molar-refractivity contribution in [2.24, 2.45) is 0 Å². The maximum atomic E-state index is 10.4. The molecule has 0 aromatic heterocycles. The molecule has 14 heavy (non-hydrogen) atoms. The number of hydrogen-bond acceptors (Lipinski definition) is 5. The molecule has 0 heterocycles. The third-order valence-corrected chi connectivity index (χ3v) is 1.50. The van der Waals surface area contributed by atoms with Gasteiger partial charge in [-0.2, -0.15) is 0 Å². The molecule has 0 aliphatic rings. The minimum absolute atomic E-state index is 0.362. The van der Waals surface area contributed by atoms with Crippen molar-refractivity contribution in [3.8, 4) is 5.75 Å². The van der Waals surface area contributed by atoms with Gasteiger partial charge in [0, 0.05) is 12.1 Å². The lowest BCUT2D eigenvalue weighted by molar-refractivity contribution is -0.395. The third kappa shape index (κ3) is 1.60. The van der Waals surface area contributed by atoms with E-state index in [0.717, 1.165) is 19.2 Å². The molecular weight excluding hydrogens is 192 g/mol. The van der Waals surface area contributed by atoms with Crippen LogP contribution in [0.15, 0.2) is 12.1 Å². The van der Waals surface area contributed by atoms with Crippen LogP contribution in [-0.4, -0.2) is 17.0 Å². The standard InChI is InChI=1S/C7H5N2O5/c1-14-7-5(8(10)11)3-2-4-6(7)9(12)13/h3-4H,1H3. The number of nitro groups is 2. The Kier molecular flexibility index (Phi) is 2.61. The first kappa shape index (κ1) is 9.90. The summed E-state index contributed by atoms with van der Waals surface area (Å²) in [6.07, 6.45) is 0. The Hall–Kier alpha value is -2.18. The first-order valence-corrected chi connectivity index (χ1v) is 3.44. The van der Waals surface area contributed by atoms with Gasteiger partial charge in [-0.05, 0) is 6.07 Å². The van der Waals surface area contributed by atoms with E-state index in [4.69, 9.17) is 0 Å². The summed E-state index contributed by atoms with van der Waals surface area (Å²) in [7, 11) is 1.13. The second kappa shape index (κ2) is 3.69. The van der Waals surface area contributed by atoms with E-state index >= 15 is 0 Å². The minimum atomic E-state index is -0.762. The summed E-state index contributed by atoms with van der Waals surface area (Å²) in [5.74, 6) is -0.362. The summed E-state index contributed by atoms with van der Waals surface area (Å²) < 4.78 is 4.60. The first-order chi connectivity index (χ1) is 6.57. The average Bonchev–Trinajstić information content (AvgIpc) is 2.16. The number of benzene rings is 1. The zero-order valence-corrected chi connectivity index (χ0v) is 7.09. The molecule has 0 saturated heterocycles. The number of methoxy groups -OCH3 is 1. The van der Waals surface area contributed by atoms with Crippen LogP contribution in [0.3, 0.4) is 0 Å². The molecule has 1 aromatic carbocycles. The molecule has 0 aliphatic carbocycles. The molecule has 0 atom stereocenters. The van der Waals surface area contributed by atoms with E-state index in [-0.39, 0.29) is 5.75 Å². The SMILES string of the molecule is COc1c([N+](=O)[O-])c[c]cc1[N+](=O)[O-]. The molecule has 73 valence electrons. The fraction of sp³-hybridized carbons (Fsp3) is 0.143. The normalized spacial score (nSPS) is 9.50. The topological polar surface area (TPSA) is 95.5 Å². The quantitative estimate of drug-likeness (QED) is 0.537. The number of nitro benzene ring substituents is 2. The van der Waals surface area contributed by atoms with E-state index < -0.39 is 21.2 Å². The highest BCUT2D eigenvalue weighted by Gasteiger charge is 2.25. The van der Waals surface area contributed by atoms with Crippen LogP contribution in [0, 0.1) is 26.3 Å². The van der Waals surface area contributed by atoms with Crippen molar-refractivity contribution >= 4 is 11.4 Å². The molecule has 0 bridgehead atoms. The molecule has 1 rings (SSSR count). The monoisotopic (exact) mass is 197 g/mol. The van der Waals surface area contributed by atoms with Crippen LogP contribution >= 0.6 is 0 Å². The van der Waals surface area contributed by atoms with Crippen molar-refractivity contribution in [3.05, 3.63) is 38.4 Å². The summed E-state index contributed by atoms with van der Waals surface area (Å²) in [5, 5.41) is 20.9. The molecule has 0 saturated carbocycles. The van der Waals surface area contributed by atoms with Crippen LogP contribution in [0.25, 0.3) is 0 Å². The Labute approximate surface area is 78.2 Å². The highest BCUT2D eigenvalue weighted by atomic mass is 16.6. The summed E-state index contributed by atoms with van der Waals surface area (Å²) in [6.45, 7) is 0. The maximum absolute atomic E-state index is 10.4. The largest absolute Gasteiger partial charge is 0.485 e. The van der Waals surface area contributed by atoms with Crippen molar-refractivity contribution in [1.82, 2.24) is 0 Å². The van der Waals surface area contributed by atoms with E-state index in [1.165, 1.54) is 0 Å². The van der Waals surface area contributed by atoms with Gasteiger partial charge in [-0.3, -0.25) is 20.2 Å². The smallest absolute Gasteiger partial charge is 0.318 e. The zero-order chi connectivity index (χ0) is 10.7. The van der Waals surface area contributed by atoms with Crippen LogP contribution in [-0.2, 0) is 0 Å². The van der Waals surface area contributed by atoms with Crippen molar-refractivity contribution in [2.45, 2.75) is 0 Å². The van der Waals surface area contributed by atoms with Crippen LogP contribution in [0.5, 0.6) is 5.75 Å². The van der Waals surface area contributed by atoms with Gasteiger partial charge in [0.1, 0.15) is 0 Å². The van der Waals surface area contributed by atoms with Gasteiger partial charge in [0.25, 0.3) is 5.75 Å². The molecule has 7 nitrogen and oxygen atoms in total. The Bertz CT molecular complexity index is 357. The van der Waals surface area contributed by atoms with Crippen molar-refractivity contribution < 1.29 is 14.6 Å². The minimum Gasteiger partial charge on any atom is -0.485 e. The first-order valence-electron chi connectivity index (χ1n) is 3.44. The number of ether oxygens (including phenoxy) is 1. The van der Waals surface area contributed by atoms with Gasteiger partial charge in [0.2, 0.25) is 0 Å². The van der Waals surface area contributed by atoms with Crippen molar-refractivity contribution in [3.63, 3.8) is 0 Å². The van der Waals surface area contributed by atoms with Gasteiger partial charge in [-0.15, -0.1) is 0 Å². The molecule has 0 aliphatic heterocycles. The second-order valence-electron chi connectivity index (χ2n) is 2.27. The van der Waals surface area contributed by atoms with Gasteiger partial charge < -0.3 is 4.74 Å². The summed E-state index contributed by atoms with van der Waals surface area (Å²) in [5.41, 5.74) is -0.941. The summed E-state index contributed by atoms with van der Waals surface area (Å²) in [6, 6.07) is 4.34. The average molecular weight is 197 g/mol. The summed E-state index contributed by atoms with van der Waals surface area (Å²) in [4.78, 5) is 19.4. The molecular formula is C7H5N2O5. The number of hydrogen-bond donors (Lipinski definition) is 0. The lowest BCUT2D eigenvalue weighted by Crippen LogP contribution is -1.98. The predicted molar refractivity (Wildman–Crippen MR) is 45.1 cm³/mol. The molecule has 1 aromatic rings. The third-order valence-electron chi connectivity index (χ3n) is 1.50. The summed E-state index contributed by atoms with van der Waals surface area (Å²) >= 11 is 0. The maximum Gasteiger partial charge on any atom is 0.318 e. The van der Waals surface area contributed by atoms with Crippen LogP contribution in [0.1, 0.15) is 0 Å². The van der Waals surface area contributed by atoms with Crippen LogP contribution < -0.4 is 4.74 Å². The fourth-order valence-electron chi connectivity index (χ4n) is 0.942. The highest BCUT2D eigenvalue weighted by Crippen LogP contribution is 2.35. The van der Waals surface area contributed by atoms with E-state index in [1.54, 1.807) is 0 Å².